The number of aryl methyl sites for hydroxylation is 2. The van der Waals surface area contributed by atoms with Crippen LogP contribution in [0.2, 0.25) is 0 Å². The third-order valence-electron chi connectivity index (χ3n) is 5.25. The highest BCUT2D eigenvalue weighted by atomic mass is 32.2. The molecule has 3 aromatic heterocycles. The van der Waals surface area contributed by atoms with Gasteiger partial charge in [0.05, 0.1) is 22.4 Å². The van der Waals surface area contributed by atoms with E-state index in [9.17, 15) is 4.79 Å². The van der Waals surface area contributed by atoms with E-state index in [1.165, 1.54) is 10.4 Å². The van der Waals surface area contributed by atoms with Crippen LogP contribution in [0, 0.1) is 0 Å². The van der Waals surface area contributed by atoms with Gasteiger partial charge in [-0.25, -0.2) is 4.98 Å². The van der Waals surface area contributed by atoms with Crippen molar-refractivity contribution in [1.82, 2.24) is 20.1 Å². The van der Waals surface area contributed by atoms with Gasteiger partial charge in [-0.15, -0.1) is 23.1 Å². The number of nitrogens with one attached hydrogen (secondary N) is 1. The highest BCUT2D eigenvalue weighted by Gasteiger charge is 2.38. The fraction of sp³-hybridized carbons (Fsp3) is 0.529. The number of rotatable bonds is 5. The fourth-order valence-electron chi connectivity index (χ4n) is 3.65. The number of aromatic nitrogens is 4. The van der Waals surface area contributed by atoms with Crippen molar-refractivity contribution >= 4 is 33.3 Å². The van der Waals surface area contributed by atoms with Gasteiger partial charge in [-0.3, -0.25) is 4.79 Å². The molecule has 0 radical (unpaired) electrons. The van der Waals surface area contributed by atoms with Crippen LogP contribution in [0.15, 0.2) is 9.32 Å². The van der Waals surface area contributed by atoms with Gasteiger partial charge < -0.3 is 15.2 Å². The third kappa shape index (κ3) is 2.69. The minimum absolute atomic E-state index is 0.0138. The first-order chi connectivity index (χ1) is 12.6. The van der Waals surface area contributed by atoms with Crippen LogP contribution in [-0.2, 0) is 29.9 Å². The Balaban J connectivity index is 1.28. The van der Waals surface area contributed by atoms with E-state index in [2.05, 4.69) is 20.1 Å². The molecule has 0 atom stereocenters. The van der Waals surface area contributed by atoms with Gasteiger partial charge in [-0.05, 0) is 44.1 Å². The Kier molecular flexibility index (Phi) is 3.91. The number of hydrogen-bond donors (Lipinski definition) is 2. The zero-order valence-corrected chi connectivity index (χ0v) is 15.8. The van der Waals surface area contributed by atoms with Gasteiger partial charge in [-0.2, -0.15) is 4.98 Å². The first-order valence-electron chi connectivity index (χ1n) is 8.85. The van der Waals surface area contributed by atoms with Crippen LogP contribution in [0.1, 0.15) is 53.7 Å². The Morgan fingerprint density at radius 3 is 2.92 bits per heavy atom. The average Bonchev–Trinajstić information content (AvgIpc) is 3.27. The van der Waals surface area contributed by atoms with E-state index < -0.39 is 5.54 Å². The summed E-state index contributed by atoms with van der Waals surface area (Å²) in [6.07, 6.45) is 6.15. The molecule has 0 spiro atoms. The molecular formula is C17H19N5O2S2. The lowest BCUT2D eigenvalue weighted by molar-refractivity contribution is 0.229. The van der Waals surface area contributed by atoms with Gasteiger partial charge in [-0.1, -0.05) is 5.16 Å². The molecule has 0 aliphatic heterocycles. The number of hydrogen-bond acceptors (Lipinski definition) is 8. The molecule has 5 rings (SSSR count). The van der Waals surface area contributed by atoms with Gasteiger partial charge >= 0.3 is 0 Å². The zero-order chi connectivity index (χ0) is 17.7. The summed E-state index contributed by atoms with van der Waals surface area (Å²) in [4.78, 5) is 26.7. The number of nitrogens with zero attached hydrogens (tertiary/aromatic N) is 3. The van der Waals surface area contributed by atoms with Gasteiger partial charge in [0.25, 0.3) is 5.56 Å². The second-order valence-electron chi connectivity index (χ2n) is 7.06. The van der Waals surface area contributed by atoms with Gasteiger partial charge in [0, 0.05) is 4.88 Å². The summed E-state index contributed by atoms with van der Waals surface area (Å²) in [5.74, 6) is 3.05. The van der Waals surface area contributed by atoms with E-state index in [1.54, 1.807) is 23.1 Å². The number of nitrogens with two attached hydrogens (primary N) is 1. The maximum absolute atomic E-state index is 12.5. The number of H-pyrrole nitrogens is 1. The van der Waals surface area contributed by atoms with E-state index in [-0.39, 0.29) is 5.56 Å². The van der Waals surface area contributed by atoms with E-state index in [0.717, 1.165) is 48.7 Å². The summed E-state index contributed by atoms with van der Waals surface area (Å²) >= 11 is 3.26. The summed E-state index contributed by atoms with van der Waals surface area (Å²) in [6, 6.07) is 0. The van der Waals surface area contributed by atoms with Crippen molar-refractivity contribution in [1.29, 1.82) is 0 Å². The smallest absolute Gasteiger partial charge is 0.259 e. The number of aromatic amines is 1. The molecular weight excluding hydrogens is 370 g/mol. The molecule has 1 saturated carbocycles. The lowest BCUT2D eigenvalue weighted by Crippen LogP contribution is -2.44. The molecule has 7 nitrogen and oxygen atoms in total. The third-order valence-corrected chi connectivity index (χ3v) is 7.36. The first kappa shape index (κ1) is 16.5. The van der Waals surface area contributed by atoms with Crippen molar-refractivity contribution in [3.63, 3.8) is 0 Å². The molecule has 2 aliphatic rings. The van der Waals surface area contributed by atoms with Crippen LogP contribution >= 0.6 is 23.1 Å². The maximum atomic E-state index is 12.5. The topological polar surface area (TPSA) is 111 Å². The van der Waals surface area contributed by atoms with Gasteiger partial charge in [0.2, 0.25) is 5.89 Å². The van der Waals surface area contributed by atoms with E-state index in [4.69, 9.17) is 10.3 Å². The summed E-state index contributed by atoms with van der Waals surface area (Å²) in [6.45, 7) is 0. The molecule has 1 fully saturated rings. The summed E-state index contributed by atoms with van der Waals surface area (Å²) < 4.78 is 5.31. The van der Waals surface area contributed by atoms with Crippen molar-refractivity contribution in [3.8, 4) is 0 Å². The molecule has 0 unspecified atom stereocenters. The first-order valence-corrected chi connectivity index (χ1v) is 10.8. The van der Waals surface area contributed by atoms with Crippen molar-refractivity contribution in [2.24, 2.45) is 5.73 Å². The van der Waals surface area contributed by atoms with Crippen LogP contribution in [0.3, 0.4) is 0 Å². The molecule has 0 aromatic carbocycles. The summed E-state index contributed by atoms with van der Waals surface area (Å²) in [5.41, 5.74) is 7.02. The number of fused-ring (bicyclic) bond motifs is 3. The SMILES string of the molecule is NC1(c2noc(CSCc3nc4sc5c(c4c(=O)[nH]3)CCC5)n2)CCC1. The Morgan fingerprint density at radius 1 is 1.23 bits per heavy atom. The van der Waals surface area contributed by atoms with E-state index in [0.29, 0.717) is 29.0 Å². The Hall–Kier alpha value is -1.71. The largest absolute Gasteiger partial charge is 0.338 e. The van der Waals surface area contributed by atoms with E-state index >= 15 is 0 Å². The van der Waals surface area contributed by atoms with Gasteiger partial charge in [0.1, 0.15) is 10.7 Å². The van der Waals surface area contributed by atoms with Crippen LogP contribution < -0.4 is 11.3 Å². The van der Waals surface area contributed by atoms with Gasteiger partial charge in [0.15, 0.2) is 5.82 Å². The second kappa shape index (κ2) is 6.17. The van der Waals surface area contributed by atoms with Crippen molar-refractivity contribution in [3.05, 3.63) is 38.3 Å². The van der Waals surface area contributed by atoms with Crippen LogP contribution in [0.25, 0.3) is 10.2 Å². The maximum Gasteiger partial charge on any atom is 0.259 e. The highest BCUT2D eigenvalue weighted by molar-refractivity contribution is 7.97. The molecule has 26 heavy (non-hydrogen) atoms. The van der Waals surface area contributed by atoms with Crippen LogP contribution in [0.5, 0.6) is 0 Å². The molecule has 3 heterocycles. The lowest BCUT2D eigenvalue weighted by atomic mass is 9.77. The molecule has 0 bridgehead atoms. The minimum atomic E-state index is -0.399. The lowest BCUT2D eigenvalue weighted by Gasteiger charge is -2.34. The fourth-order valence-corrected chi connectivity index (χ4v) is 5.65. The molecule has 9 heteroatoms. The second-order valence-corrected chi connectivity index (χ2v) is 9.13. The Labute approximate surface area is 157 Å². The van der Waals surface area contributed by atoms with Crippen LogP contribution in [-0.4, -0.2) is 20.1 Å². The van der Waals surface area contributed by atoms with Crippen LogP contribution in [0.4, 0.5) is 0 Å². The van der Waals surface area contributed by atoms with Crippen molar-refractivity contribution < 1.29 is 4.52 Å². The Morgan fingerprint density at radius 2 is 2.12 bits per heavy atom. The molecule has 0 saturated heterocycles. The number of thiophene rings is 1. The molecule has 3 aromatic rings. The normalized spacial score (nSPS) is 18.2. The predicted octanol–water partition coefficient (Wildman–Crippen LogP) is 2.63. The highest BCUT2D eigenvalue weighted by Crippen LogP contribution is 2.37. The zero-order valence-electron chi connectivity index (χ0n) is 14.2. The van der Waals surface area contributed by atoms with E-state index in [1.807, 2.05) is 0 Å². The molecule has 0 amide bonds. The minimum Gasteiger partial charge on any atom is -0.338 e. The standard InChI is InChI=1S/C17H19N5O2S2/c18-17(5-2-6-17)16-21-12(24-22-16)8-25-7-11-19-14(23)13-9-3-1-4-10(9)26-15(13)20-11/h1-8,18H2,(H,19,20,23). The monoisotopic (exact) mass is 389 g/mol. The Bertz CT molecular complexity index is 1030. The van der Waals surface area contributed by atoms with Crippen molar-refractivity contribution in [2.75, 3.05) is 0 Å². The average molecular weight is 390 g/mol. The molecule has 2 aliphatic carbocycles. The summed E-state index contributed by atoms with van der Waals surface area (Å²) in [7, 11) is 0. The number of thioether (sulfide) groups is 1. The quantitative estimate of drug-likeness (QED) is 0.690. The van der Waals surface area contributed by atoms with Crippen molar-refractivity contribution in [2.45, 2.75) is 55.6 Å². The summed E-state index contributed by atoms with van der Waals surface area (Å²) in [5, 5.41) is 4.82. The molecule has 3 N–H and O–H groups in total. The predicted molar refractivity (Wildman–Crippen MR) is 101 cm³/mol. The molecule has 136 valence electrons.